The molecule has 4 nitrogen and oxygen atoms in total. The highest BCUT2D eigenvalue weighted by Gasteiger charge is 2.06. The molecule has 0 aliphatic rings. The Labute approximate surface area is 79.6 Å². The molecule has 4 heteroatoms. The summed E-state index contributed by atoms with van der Waals surface area (Å²) in [7, 11) is 0. The van der Waals surface area contributed by atoms with Crippen molar-refractivity contribution in [1.29, 1.82) is 0 Å². The number of carbonyl (C=O) groups excluding carboxylic acids is 1. The van der Waals surface area contributed by atoms with Crippen molar-refractivity contribution < 1.29 is 14.3 Å². The molecule has 0 aliphatic carbocycles. The molecule has 0 aromatic rings. The minimum absolute atomic E-state index is 0.122. The van der Waals surface area contributed by atoms with Gasteiger partial charge in [0.1, 0.15) is 0 Å². The maximum absolute atomic E-state index is 9.93. The number of carbonyl (C=O) groups is 1. The van der Waals surface area contributed by atoms with E-state index in [1.807, 2.05) is 13.8 Å². The molecule has 1 N–H and O–H groups in total. The second-order valence-electron chi connectivity index (χ2n) is 2.55. The Kier molecular flexibility index (Phi) is 9.03. The van der Waals surface area contributed by atoms with Crippen molar-refractivity contribution in [2.75, 3.05) is 19.8 Å². The van der Waals surface area contributed by atoms with Crippen molar-refractivity contribution in [1.82, 2.24) is 5.32 Å². The fraction of sp³-hybridized carbons (Fsp3) is 0.889. The maximum atomic E-state index is 9.93. The van der Waals surface area contributed by atoms with Crippen LogP contribution in [-0.4, -0.2) is 32.5 Å². The molecule has 0 radical (unpaired) electrons. The lowest BCUT2D eigenvalue weighted by atomic mass is 10.3. The largest absolute Gasteiger partial charge is 0.359 e. The topological polar surface area (TPSA) is 47.6 Å². The lowest BCUT2D eigenvalue weighted by Gasteiger charge is -2.16. The predicted molar refractivity (Wildman–Crippen MR) is 50.3 cm³/mol. The monoisotopic (exact) mass is 189 g/mol. The zero-order valence-electron chi connectivity index (χ0n) is 8.41. The zero-order valence-corrected chi connectivity index (χ0v) is 8.41. The fourth-order valence-corrected chi connectivity index (χ4v) is 1.02. The molecule has 0 aromatic carbocycles. The van der Waals surface area contributed by atoms with Crippen LogP contribution in [-0.2, 0) is 14.3 Å². The minimum Gasteiger partial charge on any atom is -0.359 e. The van der Waals surface area contributed by atoms with Gasteiger partial charge in [0.05, 0.1) is 0 Å². The Bertz CT molecular complexity index is 113. The average Bonchev–Trinajstić information content (AvgIpc) is 2.13. The summed E-state index contributed by atoms with van der Waals surface area (Å²) in [6.45, 7) is 5.88. The average molecular weight is 189 g/mol. The third kappa shape index (κ3) is 7.74. The van der Waals surface area contributed by atoms with Crippen LogP contribution in [0.2, 0.25) is 0 Å². The quantitative estimate of drug-likeness (QED) is 0.333. The lowest BCUT2D eigenvalue weighted by Crippen LogP contribution is -2.20. The van der Waals surface area contributed by atoms with Crippen LogP contribution in [0.25, 0.3) is 0 Å². The number of amides is 1. The highest BCUT2D eigenvalue weighted by atomic mass is 16.7. The third-order valence-electron chi connectivity index (χ3n) is 1.55. The van der Waals surface area contributed by atoms with Gasteiger partial charge in [0, 0.05) is 26.2 Å². The fourth-order valence-electron chi connectivity index (χ4n) is 1.02. The first-order valence-electron chi connectivity index (χ1n) is 4.75. The van der Waals surface area contributed by atoms with Crippen LogP contribution >= 0.6 is 0 Å². The van der Waals surface area contributed by atoms with Crippen LogP contribution < -0.4 is 5.32 Å². The number of rotatable bonds is 9. The van der Waals surface area contributed by atoms with E-state index in [2.05, 4.69) is 5.32 Å². The summed E-state index contributed by atoms with van der Waals surface area (Å²) in [6.07, 6.45) is 2.28. The SMILES string of the molecule is CCOC(CCCNC=O)OCC. The van der Waals surface area contributed by atoms with Crippen LogP contribution in [0.3, 0.4) is 0 Å². The van der Waals surface area contributed by atoms with Gasteiger partial charge in [-0.2, -0.15) is 0 Å². The molecule has 0 rings (SSSR count). The molecular weight excluding hydrogens is 170 g/mol. The van der Waals surface area contributed by atoms with E-state index in [0.29, 0.717) is 26.2 Å². The molecule has 78 valence electrons. The van der Waals surface area contributed by atoms with Crippen molar-refractivity contribution in [3.05, 3.63) is 0 Å². The molecule has 0 unspecified atom stereocenters. The Hall–Kier alpha value is -0.610. The summed E-state index contributed by atoms with van der Waals surface area (Å²) in [6, 6.07) is 0. The van der Waals surface area contributed by atoms with Gasteiger partial charge in [-0.05, 0) is 20.3 Å². The van der Waals surface area contributed by atoms with E-state index in [1.165, 1.54) is 0 Å². The highest BCUT2D eigenvalue weighted by Crippen LogP contribution is 2.03. The Morgan fingerprint density at radius 3 is 2.38 bits per heavy atom. The van der Waals surface area contributed by atoms with Gasteiger partial charge in [0.25, 0.3) is 0 Å². The van der Waals surface area contributed by atoms with Crippen molar-refractivity contribution in [3.8, 4) is 0 Å². The molecule has 1 amide bonds. The first-order chi connectivity index (χ1) is 6.35. The van der Waals surface area contributed by atoms with Gasteiger partial charge in [0.2, 0.25) is 6.41 Å². The second kappa shape index (κ2) is 9.48. The van der Waals surface area contributed by atoms with Crippen molar-refractivity contribution in [2.24, 2.45) is 0 Å². The number of hydrogen-bond donors (Lipinski definition) is 1. The van der Waals surface area contributed by atoms with Crippen molar-refractivity contribution in [2.45, 2.75) is 33.0 Å². The molecule has 0 saturated carbocycles. The van der Waals surface area contributed by atoms with Crippen LogP contribution in [0.15, 0.2) is 0 Å². The van der Waals surface area contributed by atoms with E-state index in [-0.39, 0.29) is 6.29 Å². The molecule has 0 aliphatic heterocycles. The van der Waals surface area contributed by atoms with Crippen molar-refractivity contribution >= 4 is 6.41 Å². The van der Waals surface area contributed by atoms with E-state index in [9.17, 15) is 4.79 Å². The molecule has 13 heavy (non-hydrogen) atoms. The van der Waals surface area contributed by atoms with Crippen LogP contribution in [0.1, 0.15) is 26.7 Å². The van der Waals surface area contributed by atoms with Gasteiger partial charge in [-0.3, -0.25) is 4.79 Å². The summed E-state index contributed by atoms with van der Waals surface area (Å²) in [5.41, 5.74) is 0. The minimum atomic E-state index is -0.122. The Morgan fingerprint density at radius 2 is 1.92 bits per heavy atom. The maximum Gasteiger partial charge on any atom is 0.207 e. The highest BCUT2D eigenvalue weighted by molar-refractivity contribution is 5.45. The molecule has 0 atom stereocenters. The molecule has 0 bridgehead atoms. The van der Waals surface area contributed by atoms with E-state index >= 15 is 0 Å². The number of ether oxygens (including phenoxy) is 2. The number of hydrogen-bond acceptors (Lipinski definition) is 3. The van der Waals surface area contributed by atoms with Gasteiger partial charge >= 0.3 is 0 Å². The zero-order chi connectivity index (χ0) is 9.94. The predicted octanol–water partition coefficient (Wildman–Crippen LogP) is 0.912. The lowest BCUT2D eigenvalue weighted by molar-refractivity contribution is -0.140. The first-order valence-corrected chi connectivity index (χ1v) is 4.75. The number of nitrogens with one attached hydrogen (secondary N) is 1. The van der Waals surface area contributed by atoms with E-state index in [4.69, 9.17) is 9.47 Å². The Balaban J connectivity index is 3.37. The molecule has 0 fully saturated rings. The molecule has 0 aromatic heterocycles. The molecule has 0 saturated heterocycles. The van der Waals surface area contributed by atoms with E-state index < -0.39 is 0 Å². The summed E-state index contributed by atoms with van der Waals surface area (Å²) in [5.74, 6) is 0. The summed E-state index contributed by atoms with van der Waals surface area (Å²) >= 11 is 0. The third-order valence-corrected chi connectivity index (χ3v) is 1.55. The smallest absolute Gasteiger partial charge is 0.207 e. The normalized spacial score (nSPS) is 10.4. The summed E-state index contributed by atoms with van der Waals surface area (Å²) in [5, 5.41) is 2.60. The van der Waals surface area contributed by atoms with Crippen LogP contribution in [0.5, 0.6) is 0 Å². The van der Waals surface area contributed by atoms with E-state index in [1.54, 1.807) is 0 Å². The molecule has 0 heterocycles. The van der Waals surface area contributed by atoms with Crippen molar-refractivity contribution in [3.63, 3.8) is 0 Å². The first kappa shape index (κ1) is 12.4. The summed E-state index contributed by atoms with van der Waals surface area (Å²) in [4.78, 5) is 9.93. The second-order valence-corrected chi connectivity index (χ2v) is 2.55. The standard InChI is InChI=1S/C9H19NO3/c1-3-12-9(13-4-2)6-5-7-10-8-11/h8-9H,3-7H2,1-2H3,(H,10,11). The van der Waals surface area contributed by atoms with E-state index in [0.717, 1.165) is 12.8 Å². The van der Waals surface area contributed by atoms with Gasteiger partial charge in [-0.25, -0.2) is 0 Å². The Morgan fingerprint density at radius 1 is 1.31 bits per heavy atom. The molecule has 0 spiro atoms. The van der Waals surface area contributed by atoms with Crippen LogP contribution in [0, 0.1) is 0 Å². The van der Waals surface area contributed by atoms with Crippen LogP contribution in [0.4, 0.5) is 0 Å². The van der Waals surface area contributed by atoms with Gasteiger partial charge in [-0.15, -0.1) is 0 Å². The van der Waals surface area contributed by atoms with Gasteiger partial charge in [0.15, 0.2) is 6.29 Å². The van der Waals surface area contributed by atoms with Gasteiger partial charge < -0.3 is 14.8 Å². The van der Waals surface area contributed by atoms with Gasteiger partial charge in [-0.1, -0.05) is 0 Å². The molecular formula is C9H19NO3. The summed E-state index contributed by atoms with van der Waals surface area (Å²) < 4.78 is 10.6.